The van der Waals surface area contributed by atoms with Crippen molar-refractivity contribution in [3.05, 3.63) is 142 Å². The van der Waals surface area contributed by atoms with Gasteiger partial charge in [0.15, 0.2) is 0 Å². The first-order valence-corrected chi connectivity index (χ1v) is 15.2. The number of aromatic nitrogens is 2. The first-order chi connectivity index (χ1) is 22.5. The number of benzene rings is 5. The fourth-order valence-corrected chi connectivity index (χ4v) is 5.52. The molecule has 0 aliphatic rings. The van der Waals surface area contributed by atoms with Crippen molar-refractivity contribution in [3.8, 4) is 22.6 Å². The van der Waals surface area contributed by atoms with Gasteiger partial charge in [0.05, 0.1) is 12.1 Å². The van der Waals surface area contributed by atoms with Crippen LogP contribution in [-0.4, -0.2) is 23.4 Å². The number of esters is 1. The average Bonchev–Trinajstić information content (AvgIpc) is 3.57. The van der Waals surface area contributed by atoms with Crippen molar-refractivity contribution < 1.29 is 23.6 Å². The van der Waals surface area contributed by atoms with E-state index < -0.39 is 12.0 Å². The molecule has 0 saturated heterocycles. The minimum atomic E-state index is -0.685. The molecule has 0 fully saturated rings. The summed E-state index contributed by atoms with van der Waals surface area (Å²) >= 11 is 6.80. The van der Waals surface area contributed by atoms with Gasteiger partial charge >= 0.3 is 5.97 Å². The summed E-state index contributed by atoms with van der Waals surface area (Å²) in [7, 11) is 1.37. The van der Waals surface area contributed by atoms with Crippen LogP contribution < -0.4 is 14.8 Å². The lowest BCUT2D eigenvalue weighted by molar-refractivity contribution is -0.143. The molecule has 9 heteroatoms. The van der Waals surface area contributed by atoms with Crippen molar-refractivity contribution in [2.75, 3.05) is 7.11 Å². The lowest BCUT2D eigenvalue weighted by Gasteiger charge is -2.20. The predicted molar refractivity (Wildman–Crippen MR) is 177 cm³/mol. The van der Waals surface area contributed by atoms with Crippen molar-refractivity contribution in [3.63, 3.8) is 0 Å². The average molecular weight is 634 g/mol. The molecule has 1 heterocycles. The number of ether oxygens (including phenoxy) is 3. The Balaban J connectivity index is 1.26. The van der Waals surface area contributed by atoms with E-state index in [1.165, 1.54) is 7.11 Å². The summed E-state index contributed by atoms with van der Waals surface area (Å²) in [5.41, 5.74) is 8.18. The molecule has 0 amide bonds. The standard InChI is InChI=1S/C37H32ClN3O5/c1-24-28(14-9-15-30(24)26-10-5-3-6-11-26)23-45-35-20-34(44-22-25-16-17-32-33(18-25)41-46-40-32)29(19-31(35)38)21-39-36(37(42)43-2)27-12-7-4-8-13-27/h3-20,36,39H,21-23H2,1-2H3. The second-order valence-electron chi connectivity index (χ2n) is 10.8. The van der Waals surface area contributed by atoms with Crippen LogP contribution in [0.2, 0.25) is 5.02 Å². The molecule has 6 aromatic rings. The number of halogens is 1. The fourth-order valence-electron chi connectivity index (χ4n) is 5.28. The Kier molecular flexibility index (Phi) is 9.57. The van der Waals surface area contributed by atoms with Crippen LogP contribution in [0.4, 0.5) is 0 Å². The molecule has 6 rings (SSSR count). The van der Waals surface area contributed by atoms with Crippen LogP contribution in [0, 0.1) is 6.92 Å². The number of hydrogen-bond donors (Lipinski definition) is 1. The van der Waals surface area contributed by atoms with Crippen LogP contribution in [-0.2, 0) is 29.3 Å². The highest BCUT2D eigenvalue weighted by atomic mass is 35.5. The zero-order valence-electron chi connectivity index (χ0n) is 25.4. The summed E-state index contributed by atoms with van der Waals surface area (Å²) in [6.45, 7) is 2.93. The van der Waals surface area contributed by atoms with E-state index in [0.29, 0.717) is 34.2 Å². The van der Waals surface area contributed by atoms with Gasteiger partial charge in [0.2, 0.25) is 0 Å². The number of methoxy groups -OCH3 is 1. The Labute approximate surface area is 271 Å². The van der Waals surface area contributed by atoms with E-state index in [4.69, 9.17) is 30.4 Å². The van der Waals surface area contributed by atoms with Gasteiger partial charge in [-0.25, -0.2) is 9.42 Å². The highest BCUT2D eigenvalue weighted by Gasteiger charge is 2.22. The molecule has 0 aliphatic heterocycles. The van der Waals surface area contributed by atoms with E-state index in [1.54, 1.807) is 12.1 Å². The normalized spacial score (nSPS) is 11.7. The smallest absolute Gasteiger partial charge is 0.327 e. The lowest BCUT2D eigenvalue weighted by atomic mass is 9.97. The maximum absolute atomic E-state index is 12.7. The molecule has 0 radical (unpaired) electrons. The van der Waals surface area contributed by atoms with Crippen LogP contribution in [0.15, 0.2) is 114 Å². The molecule has 8 nitrogen and oxygen atoms in total. The van der Waals surface area contributed by atoms with Crippen molar-refractivity contribution in [1.29, 1.82) is 0 Å². The highest BCUT2D eigenvalue weighted by Crippen LogP contribution is 2.35. The molecule has 1 N–H and O–H groups in total. The molecule has 0 aliphatic carbocycles. The molecule has 5 aromatic carbocycles. The minimum absolute atomic E-state index is 0.244. The SMILES string of the molecule is COC(=O)C(NCc1cc(Cl)c(OCc2cccc(-c3ccccc3)c2C)cc1OCc1ccc2nonc2c1)c1ccccc1. The van der Waals surface area contributed by atoms with Crippen molar-refractivity contribution >= 4 is 28.6 Å². The molecular formula is C37H32ClN3O5. The Bertz CT molecular complexity index is 1950. The van der Waals surface area contributed by atoms with Gasteiger partial charge in [-0.05, 0) is 68.8 Å². The van der Waals surface area contributed by atoms with Gasteiger partial charge in [0.25, 0.3) is 0 Å². The monoisotopic (exact) mass is 633 g/mol. The van der Waals surface area contributed by atoms with Crippen LogP contribution in [0.25, 0.3) is 22.2 Å². The molecule has 232 valence electrons. The first-order valence-electron chi connectivity index (χ1n) is 14.8. The fraction of sp³-hybridized carbons (Fsp3) is 0.162. The summed E-state index contributed by atoms with van der Waals surface area (Å²) in [4.78, 5) is 12.7. The Morgan fingerprint density at radius 3 is 2.33 bits per heavy atom. The molecular weight excluding hydrogens is 602 g/mol. The first kappa shape index (κ1) is 30.8. The molecule has 1 unspecified atom stereocenters. The van der Waals surface area contributed by atoms with E-state index in [-0.39, 0.29) is 13.2 Å². The Morgan fingerprint density at radius 1 is 0.804 bits per heavy atom. The Hall–Kier alpha value is -5.18. The maximum atomic E-state index is 12.7. The van der Waals surface area contributed by atoms with Gasteiger partial charge in [0, 0.05) is 18.2 Å². The van der Waals surface area contributed by atoms with E-state index in [9.17, 15) is 4.79 Å². The minimum Gasteiger partial charge on any atom is -0.488 e. The molecule has 0 saturated carbocycles. The zero-order chi connectivity index (χ0) is 31.9. The zero-order valence-corrected chi connectivity index (χ0v) is 26.2. The highest BCUT2D eigenvalue weighted by molar-refractivity contribution is 6.32. The quantitative estimate of drug-likeness (QED) is 0.135. The topological polar surface area (TPSA) is 95.7 Å². The van der Waals surface area contributed by atoms with E-state index in [2.05, 4.69) is 46.8 Å². The van der Waals surface area contributed by atoms with Gasteiger partial charge < -0.3 is 14.2 Å². The summed E-state index contributed by atoms with van der Waals surface area (Å²) < 4.78 is 22.6. The van der Waals surface area contributed by atoms with Crippen molar-refractivity contribution in [2.24, 2.45) is 0 Å². The summed E-state index contributed by atoms with van der Waals surface area (Å²) in [6.07, 6.45) is 0. The van der Waals surface area contributed by atoms with Crippen LogP contribution >= 0.6 is 11.6 Å². The predicted octanol–water partition coefficient (Wildman–Crippen LogP) is 8.01. The van der Waals surface area contributed by atoms with Gasteiger partial charge in [-0.2, -0.15) is 0 Å². The van der Waals surface area contributed by atoms with E-state index in [0.717, 1.165) is 38.9 Å². The number of rotatable bonds is 12. The Morgan fingerprint density at radius 2 is 1.54 bits per heavy atom. The molecule has 0 spiro atoms. The van der Waals surface area contributed by atoms with Gasteiger partial charge in [-0.15, -0.1) is 0 Å². The number of carbonyl (C=O) groups excluding carboxylic acids is 1. The molecule has 1 aromatic heterocycles. The van der Waals surface area contributed by atoms with Crippen LogP contribution in [0.1, 0.15) is 33.9 Å². The second-order valence-corrected chi connectivity index (χ2v) is 11.2. The van der Waals surface area contributed by atoms with Crippen LogP contribution in [0.5, 0.6) is 11.5 Å². The van der Waals surface area contributed by atoms with Crippen LogP contribution in [0.3, 0.4) is 0 Å². The number of nitrogens with zero attached hydrogens (tertiary/aromatic N) is 2. The lowest BCUT2D eigenvalue weighted by Crippen LogP contribution is -2.29. The third-order valence-electron chi connectivity index (χ3n) is 7.81. The second kappa shape index (κ2) is 14.3. The van der Waals surface area contributed by atoms with E-state index >= 15 is 0 Å². The van der Waals surface area contributed by atoms with Gasteiger partial charge in [-0.3, -0.25) is 5.32 Å². The molecule has 46 heavy (non-hydrogen) atoms. The summed E-state index contributed by atoms with van der Waals surface area (Å²) in [5.74, 6) is 0.632. The number of nitrogens with one attached hydrogen (secondary N) is 1. The third kappa shape index (κ3) is 7.04. The molecule has 1 atom stereocenters. The third-order valence-corrected chi connectivity index (χ3v) is 8.10. The molecule has 0 bridgehead atoms. The van der Waals surface area contributed by atoms with Gasteiger partial charge in [0.1, 0.15) is 41.8 Å². The number of carbonyl (C=O) groups is 1. The summed E-state index contributed by atoms with van der Waals surface area (Å²) in [6, 6.07) is 34.4. The van der Waals surface area contributed by atoms with E-state index in [1.807, 2.05) is 72.8 Å². The number of hydrogen-bond acceptors (Lipinski definition) is 8. The van der Waals surface area contributed by atoms with Crippen molar-refractivity contribution in [2.45, 2.75) is 32.7 Å². The van der Waals surface area contributed by atoms with Crippen molar-refractivity contribution in [1.82, 2.24) is 15.6 Å². The largest absolute Gasteiger partial charge is 0.488 e. The van der Waals surface area contributed by atoms with Gasteiger partial charge in [-0.1, -0.05) is 96.5 Å². The number of fused-ring (bicyclic) bond motifs is 1. The summed E-state index contributed by atoms with van der Waals surface area (Å²) in [5, 5.41) is 11.5. The maximum Gasteiger partial charge on any atom is 0.327 e.